The van der Waals surface area contributed by atoms with Crippen molar-refractivity contribution in [1.29, 1.82) is 0 Å². The SMILES string of the molecule is C=CC(=C/C(C)=C(\CCCC)N(/C=C(/C)CC)c1cc(OC)c(C(=O)NCC)c(OC(F)F)c1)/C(/C=C(/C)CC)=C/C(C)CC. The Balaban J connectivity index is 4.21. The van der Waals surface area contributed by atoms with E-state index in [-0.39, 0.29) is 17.1 Å². The first-order valence-electron chi connectivity index (χ1n) is 16.3. The van der Waals surface area contributed by atoms with E-state index in [1.165, 1.54) is 18.7 Å². The minimum Gasteiger partial charge on any atom is -0.496 e. The average Bonchev–Trinajstić information content (AvgIpc) is 3.01. The van der Waals surface area contributed by atoms with E-state index in [0.29, 0.717) is 18.2 Å². The molecule has 1 rings (SSSR count). The fourth-order valence-electron chi connectivity index (χ4n) is 4.61. The molecule has 0 aliphatic carbocycles. The number of allylic oxidation sites excluding steroid dienone is 10. The van der Waals surface area contributed by atoms with Gasteiger partial charge in [-0.3, -0.25) is 4.79 Å². The predicted octanol–water partition coefficient (Wildman–Crippen LogP) is 11.1. The highest BCUT2D eigenvalue weighted by Crippen LogP contribution is 2.39. The third-order valence-electron chi connectivity index (χ3n) is 7.74. The highest BCUT2D eigenvalue weighted by Gasteiger charge is 2.25. The van der Waals surface area contributed by atoms with Gasteiger partial charge in [-0.05, 0) is 82.1 Å². The van der Waals surface area contributed by atoms with Gasteiger partial charge >= 0.3 is 6.61 Å². The summed E-state index contributed by atoms with van der Waals surface area (Å²) in [5.74, 6) is -0.248. The summed E-state index contributed by atoms with van der Waals surface area (Å²) in [6, 6.07) is 3.21. The molecule has 1 amide bonds. The van der Waals surface area contributed by atoms with E-state index in [2.05, 4.69) is 78.6 Å². The van der Waals surface area contributed by atoms with Crippen LogP contribution >= 0.6 is 0 Å². The minimum atomic E-state index is -3.12. The molecule has 250 valence electrons. The van der Waals surface area contributed by atoms with Crippen LogP contribution in [0.15, 0.2) is 82.8 Å². The monoisotopic (exact) mass is 626 g/mol. The molecule has 0 heterocycles. The highest BCUT2D eigenvalue weighted by molar-refractivity contribution is 6.00. The molecule has 0 aliphatic rings. The molecule has 0 aliphatic heterocycles. The maximum Gasteiger partial charge on any atom is 0.387 e. The summed E-state index contributed by atoms with van der Waals surface area (Å²) in [7, 11) is 1.42. The molecule has 1 atom stereocenters. The van der Waals surface area contributed by atoms with Crippen molar-refractivity contribution in [2.24, 2.45) is 5.92 Å². The summed E-state index contributed by atoms with van der Waals surface area (Å²) in [6.45, 7) is 20.1. The third kappa shape index (κ3) is 12.4. The fraction of sp³-hybridized carbons (Fsp3) is 0.500. The largest absolute Gasteiger partial charge is 0.496 e. The first kappa shape index (κ1) is 39.4. The maximum absolute atomic E-state index is 13.7. The van der Waals surface area contributed by atoms with Crippen LogP contribution in [0.25, 0.3) is 0 Å². The van der Waals surface area contributed by atoms with E-state index in [0.717, 1.165) is 66.5 Å². The van der Waals surface area contributed by atoms with Gasteiger partial charge < -0.3 is 19.7 Å². The molecular weight excluding hydrogens is 570 g/mol. The second kappa shape index (κ2) is 20.4. The van der Waals surface area contributed by atoms with Gasteiger partial charge in [-0.25, -0.2) is 0 Å². The number of alkyl halides is 2. The van der Waals surface area contributed by atoms with Crippen LogP contribution in [0.1, 0.15) is 111 Å². The van der Waals surface area contributed by atoms with Crippen LogP contribution in [-0.2, 0) is 0 Å². The highest BCUT2D eigenvalue weighted by atomic mass is 19.3. The summed E-state index contributed by atoms with van der Waals surface area (Å²) < 4.78 is 37.9. The Morgan fingerprint density at radius 2 is 1.64 bits per heavy atom. The van der Waals surface area contributed by atoms with Gasteiger partial charge in [0.1, 0.15) is 17.1 Å². The van der Waals surface area contributed by atoms with Crippen molar-refractivity contribution in [2.45, 2.75) is 107 Å². The number of nitrogens with zero attached hydrogens (tertiary/aromatic N) is 1. The Morgan fingerprint density at radius 3 is 2.16 bits per heavy atom. The molecule has 1 unspecified atom stereocenters. The van der Waals surface area contributed by atoms with Crippen LogP contribution in [0.5, 0.6) is 11.5 Å². The molecule has 0 radical (unpaired) electrons. The van der Waals surface area contributed by atoms with E-state index in [1.54, 1.807) is 13.0 Å². The zero-order valence-corrected chi connectivity index (χ0v) is 29.3. The van der Waals surface area contributed by atoms with Gasteiger partial charge in [0.2, 0.25) is 0 Å². The number of hydrogen-bond donors (Lipinski definition) is 1. The molecule has 5 nitrogen and oxygen atoms in total. The third-order valence-corrected chi connectivity index (χ3v) is 7.74. The fourth-order valence-corrected chi connectivity index (χ4v) is 4.61. The molecule has 45 heavy (non-hydrogen) atoms. The van der Waals surface area contributed by atoms with E-state index in [4.69, 9.17) is 9.47 Å². The van der Waals surface area contributed by atoms with Crippen molar-refractivity contribution >= 4 is 11.6 Å². The van der Waals surface area contributed by atoms with Crippen LogP contribution in [0, 0.1) is 5.92 Å². The Labute approximate surface area is 271 Å². The summed E-state index contributed by atoms with van der Waals surface area (Å²) >= 11 is 0. The summed E-state index contributed by atoms with van der Waals surface area (Å²) in [4.78, 5) is 15.0. The molecule has 1 aromatic rings. The standard InChI is InChI=1S/C38H56F2N2O3/c1-12-18-19-33(29(10)22-30(16-5)31(20-26(7)13-2)21-27(8)14-3)42(25-28(9)15-4)32-23-34(44-11)36(37(43)41-17-6)35(24-32)45-38(39)40/h16,20-26,38H,5,12-15,17-19H2,1-4,6-11H3,(H,41,43)/b27-21-,28-25-,30-22-,31-20+,33-29+. The van der Waals surface area contributed by atoms with Crippen molar-refractivity contribution in [3.8, 4) is 11.5 Å². The molecule has 1 aromatic carbocycles. The van der Waals surface area contributed by atoms with Crippen molar-refractivity contribution in [3.63, 3.8) is 0 Å². The number of nitrogens with one attached hydrogen (secondary N) is 1. The molecule has 0 saturated heterocycles. The number of halogens is 2. The van der Waals surface area contributed by atoms with Crippen molar-refractivity contribution in [3.05, 3.63) is 88.3 Å². The van der Waals surface area contributed by atoms with Gasteiger partial charge in [0.25, 0.3) is 5.91 Å². The van der Waals surface area contributed by atoms with Gasteiger partial charge in [0.15, 0.2) is 0 Å². The number of carbonyl (C=O) groups excluding carboxylic acids is 1. The molecule has 0 aromatic heterocycles. The number of hydrogen-bond acceptors (Lipinski definition) is 4. The number of ether oxygens (including phenoxy) is 2. The van der Waals surface area contributed by atoms with Crippen LogP contribution in [0.4, 0.5) is 14.5 Å². The van der Waals surface area contributed by atoms with Crippen molar-refractivity contribution < 1.29 is 23.0 Å². The van der Waals surface area contributed by atoms with Crippen molar-refractivity contribution in [1.82, 2.24) is 5.32 Å². The maximum atomic E-state index is 13.7. The summed E-state index contributed by atoms with van der Waals surface area (Å²) in [5, 5.41) is 2.68. The zero-order valence-electron chi connectivity index (χ0n) is 29.3. The first-order chi connectivity index (χ1) is 21.4. The molecule has 1 N–H and O–H groups in total. The number of amides is 1. The molecular formula is C38H56F2N2O3. The normalized spacial score (nSPS) is 14.2. The zero-order chi connectivity index (χ0) is 34.1. The molecule has 0 saturated carbocycles. The van der Waals surface area contributed by atoms with Gasteiger partial charge in [-0.15, -0.1) is 0 Å². The second-order valence-electron chi connectivity index (χ2n) is 11.3. The van der Waals surface area contributed by atoms with E-state index in [9.17, 15) is 13.6 Å². The smallest absolute Gasteiger partial charge is 0.387 e. The Kier molecular flexibility index (Phi) is 17.9. The van der Waals surface area contributed by atoms with Crippen LogP contribution in [0.2, 0.25) is 0 Å². The number of methoxy groups -OCH3 is 1. The van der Waals surface area contributed by atoms with Gasteiger partial charge in [0, 0.05) is 30.6 Å². The number of carbonyl (C=O) groups is 1. The van der Waals surface area contributed by atoms with Crippen LogP contribution < -0.4 is 19.7 Å². The molecule has 7 heteroatoms. The Bertz CT molecular complexity index is 1290. The molecule has 0 spiro atoms. The summed E-state index contributed by atoms with van der Waals surface area (Å²) in [5.41, 5.74) is 7.00. The number of rotatable bonds is 19. The topological polar surface area (TPSA) is 50.8 Å². The lowest BCUT2D eigenvalue weighted by atomic mass is 9.94. The summed E-state index contributed by atoms with van der Waals surface area (Å²) in [6.07, 6.45) is 16.0. The van der Waals surface area contributed by atoms with Gasteiger partial charge in [-0.2, -0.15) is 8.78 Å². The first-order valence-corrected chi connectivity index (χ1v) is 16.3. The molecule has 0 fully saturated rings. The van der Waals surface area contributed by atoms with Crippen molar-refractivity contribution in [2.75, 3.05) is 18.6 Å². The lowest BCUT2D eigenvalue weighted by Gasteiger charge is -2.28. The number of benzene rings is 1. The van der Waals surface area contributed by atoms with Crippen LogP contribution in [0.3, 0.4) is 0 Å². The lowest BCUT2D eigenvalue weighted by molar-refractivity contribution is -0.0502. The number of unbranched alkanes of at least 4 members (excludes halogenated alkanes) is 1. The van der Waals surface area contributed by atoms with E-state index < -0.39 is 12.5 Å². The number of anilines is 1. The van der Waals surface area contributed by atoms with Crippen LogP contribution in [-0.4, -0.2) is 26.2 Å². The average molecular weight is 627 g/mol. The molecule has 0 bridgehead atoms. The quantitative estimate of drug-likeness (QED) is 0.155. The lowest BCUT2D eigenvalue weighted by Crippen LogP contribution is -2.25. The Morgan fingerprint density at radius 1 is 1.00 bits per heavy atom. The second-order valence-corrected chi connectivity index (χ2v) is 11.3. The van der Waals surface area contributed by atoms with Gasteiger partial charge in [-0.1, -0.05) is 83.4 Å². The Hall–Kier alpha value is -3.61. The minimum absolute atomic E-state index is 0.0675. The van der Waals surface area contributed by atoms with E-state index >= 15 is 0 Å². The van der Waals surface area contributed by atoms with E-state index in [1.807, 2.05) is 24.1 Å². The predicted molar refractivity (Wildman–Crippen MR) is 186 cm³/mol. The van der Waals surface area contributed by atoms with Gasteiger partial charge in [0.05, 0.1) is 12.8 Å².